The number of rotatable bonds is 1. The zero-order valence-corrected chi connectivity index (χ0v) is 8.30. The van der Waals surface area contributed by atoms with Crippen molar-refractivity contribution in [3.05, 3.63) is 0 Å². The van der Waals surface area contributed by atoms with Gasteiger partial charge in [0.05, 0.1) is 12.5 Å². The maximum atomic E-state index is 8.63. The third-order valence-corrected chi connectivity index (χ3v) is 2.57. The van der Waals surface area contributed by atoms with Crippen molar-refractivity contribution in [2.24, 2.45) is 0 Å². The van der Waals surface area contributed by atoms with Gasteiger partial charge in [0.2, 0.25) is 0 Å². The molecule has 12 heavy (non-hydrogen) atoms. The van der Waals surface area contributed by atoms with Crippen molar-refractivity contribution in [1.82, 2.24) is 4.90 Å². The molecule has 1 aliphatic heterocycles. The van der Waals surface area contributed by atoms with E-state index in [0.717, 1.165) is 6.54 Å². The summed E-state index contributed by atoms with van der Waals surface area (Å²) in [5, 5.41) is 8.63. The summed E-state index contributed by atoms with van der Waals surface area (Å²) in [6.07, 6.45) is 3.14. The first kappa shape index (κ1) is 9.54. The van der Waals surface area contributed by atoms with Crippen LogP contribution in [0.5, 0.6) is 0 Å². The lowest BCUT2D eigenvalue weighted by atomic mass is 10.0. The second-order valence-electron chi connectivity index (χ2n) is 4.52. The molecule has 0 bridgehead atoms. The molecule has 0 spiro atoms. The fourth-order valence-corrected chi connectivity index (χ4v) is 2.04. The minimum absolute atomic E-state index is 0.234. The van der Waals surface area contributed by atoms with Crippen molar-refractivity contribution in [2.75, 3.05) is 6.54 Å². The van der Waals surface area contributed by atoms with E-state index in [0.29, 0.717) is 12.5 Å². The third kappa shape index (κ3) is 1.98. The van der Waals surface area contributed by atoms with Gasteiger partial charge in [-0.2, -0.15) is 5.26 Å². The molecule has 0 amide bonds. The Morgan fingerprint density at radius 1 is 1.50 bits per heavy atom. The highest BCUT2D eigenvalue weighted by Gasteiger charge is 2.32. The maximum absolute atomic E-state index is 8.63. The van der Waals surface area contributed by atoms with Crippen LogP contribution in [-0.4, -0.2) is 23.0 Å². The summed E-state index contributed by atoms with van der Waals surface area (Å²) < 4.78 is 0. The van der Waals surface area contributed by atoms with Gasteiger partial charge < -0.3 is 0 Å². The molecule has 0 aromatic carbocycles. The van der Waals surface area contributed by atoms with Gasteiger partial charge in [-0.3, -0.25) is 4.90 Å². The molecule has 2 nitrogen and oxygen atoms in total. The standard InChI is InChI=1S/C10H18N2/c1-10(2,3)12-8-4-5-9(12)6-7-11/h9H,4-6,8H2,1-3H3. The van der Waals surface area contributed by atoms with Crippen molar-refractivity contribution < 1.29 is 0 Å². The summed E-state index contributed by atoms with van der Waals surface area (Å²) in [4.78, 5) is 2.45. The zero-order chi connectivity index (χ0) is 9.19. The number of nitrogens with zero attached hydrogens (tertiary/aromatic N) is 2. The molecule has 1 fully saturated rings. The molecule has 1 rings (SSSR count). The number of hydrogen-bond acceptors (Lipinski definition) is 2. The van der Waals surface area contributed by atoms with Crippen molar-refractivity contribution in [2.45, 2.75) is 51.6 Å². The minimum Gasteiger partial charge on any atom is -0.295 e. The molecule has 0 radical (unpaired) electrons. The molecule has 1 aliphatic rings. The van der Waals surface area contributed by atoms with E-state index in [1.807, 2.05) is 0 Å². The quantitative estimate of drug-likeness (QED) is 0.597. The highest BCUT2D eigenvalue weighted by atomic mass is 15.2. The first-order valence-electron chi connectivity index (χ1n) is 4.69. The van der Waals surface area contributed by atoms with Gasteiger partial charge in [0, 0.05) is 11.6 Å². The van der Waals surface area contributed by atoms with Gasteiger partial charge in [0.1, 0.15) is 0 Å². The van der Waals surface area contributed by atoms with Crippen LogP contribution in [0.4, 0.5) is 0 Å². The molecule has 1 heterocycles. The lowest BCUT2D eigenvalue weighted by Crippen LogP contribution is -2.44. The zero-order valence-electron chi connectivity index (χ0n) is 8.30. The fraction of sp³-hybridized carbons (Fsp3) is 0.900. The molecule has 1 atom stereocenters. The predicted octanol–water partition coefficient (Wildman–Crippen LogP) is 2.16. The second kappa shape index (κ2) is 3.45. The summed E-state index contributed by atoms with van der Waals surface area (Å²) in [5.74, 6) is 0. The molecule has 0 aliphatic carbocycles. The van der Waals surface area contributed by atoms with E-state index in [2.05, 4.69) is 31.7 Å². The van der Waals surface area contributed by atoms with Gasteiger partial charge in [-0.15, -0.1) is 0 Å². The van der Waals surface area contributed by atoms with E-state index in [1.165, 1.54) is 12.8 Å². The monoisotopic (exact) mass is 166 g/mol. The fourth-order valence-electron chi connectivity index (χ4n) is 2.04. The van der Waals surface area contributed by atoms with Crippen molar-refractivity contribution in [3.8, 4) is 6.07 Å². The summed E-state index contributed by atoms with van der Waals surface area (Å²) in [7, 11) is 0. The van der Waals surface area contributed by atoms with E-state index in [4.69, 9.17) is 5.26 Å². The Bertz CT molecular complexity index is 185. The van der Waals surface area contributed by atoms with E-state index in [1.54, 1.807) is 0 Å². The topological polar surface area (TPSA) is 27.0 Å². The molecular weight excluding hydrogens is 148 g/mol. The molecule has 68 valence electrons. The maximum Gasteiger partial charge on any atom is 0.0638 e. The van der Waals surface area contributed by atoms with E-state index in [-0.39, 0.29) is 5.54 Å². The van der Waals surface area contributed by atoms with Gasteiger partial charge in [0.25, 0.3) is 0 Å². The number of hydrogen-bond donors (Lipinski definition) is 0. The Hall–Kier alpha value is -0.550. The number of nitriles is 1. The first-order chi connectivity index (χ1) is 5.55. The van der Waals surface area contributed by atoms with Crippen LogP contribution in [0.15, 0.2) is 0 Å². The van der Waals surface area contributed by atoms with Crippen molar-refractivity contribution >= 4 is 0 Å². The second-order valence-corrected chi connectivity index (χ2v) is 4.52. The predicted molar refractivity (Wildman–Crippen MR) is 49.7 cm³/mol. The van der Waals surface area contributed by atoms with Crippen molar-refractivity contribution in [3.63, 3.8) is 0 Å². The Morgan fingerprint density at radius 2 is 2.17 bits per heavy atom. The van der Waals surface area contributed by atoms with Gasteiger partial charge >= 0.3 is 0 Å². The Balaban J connectivity index is 2.59. The molecule has 0 aromatic rings. The van der Waals surface area contributed by atoms with Gasteiger partial charge in [-0.25, -0.2) is 0 Å². The lowest BCUT2D eigenvalue weighted by molar-refractivity contribution is 0.123. The van der Waals surface area contributed by atoms with Crippen LogP contribution in [0.3, 0.4) is 0 Å². The molecule has 0 aromatic heterocycles. The SMILES string of the molecule is CC(C)(C)N1CCCC1CC#N. The van der Waals surface area contributed by atoms with Crippen LogP contribution in [0.1, 0.15) is 40.0 Å². The van der Waals surface area contributed by atoms with E-state index < -0.39 is 0 Å². The minimum atomic E-state index is 0.234. The smallest absolute Gasteiger partial charge is 0.0638 e. The molecule has 1 saturated heterocycles. The third-order valence-electron chi connectivity index (χ3n) is 2.57. The van der Waals surface area contributed by atoms with Crippen molar-refractivity contribution in [1.29, 1.82) is 5.26 Å². The average Bonchev–Trinajstić information content (AvgIpc) is 2.34. The normalized spacial score (nSPS) is 25.7. The molecular formula is C10H18N2. The van der Waals surface area contributed by atoms with Crippen LogP contribution in [0.25, 0.3) is 0 Å². The Kier molecular flexibility index (Phi) is 2.74. The summed E-state index contributed by atoms with van der Waals surface area (Å²) in [6.45, 7) is 7.84. The molecule has 1 unspecified atom stereocenters. The van der Waals surface area contributed by atoms with E-state index >= 15 is 0 Å². The molecule has 0 saturated carbocycles. The average molecular weight is 166 g/mol. The molecule has 0 N–H and O–H groups in total. The number of likely N-dealkylation sites (tertiary alicyclic amines) is 1. The van der Waals surface area contributed by atoms with Gasteiger partial charge in [-0.1, -0.05) is 0 Å². The van der Waals surface area contributed by atoms with Crippen LogP contribution >= 0.6 is 0 Å². The van der Waals surface area contributed by atoms with Crippen LogP contribution in [0, 0.1) is 11.3 Å². The molecule has 2 heteroatoms. The van der Waals surface area contributed by atoms with Crippen LogP contribution in [0.2, 0.25) is 0 Å². The van der Waals surface area contributed by atoms with E-state index in [9.17, 15) is 0 Å². The lowest BCUT2D eigenvalue weighted by Gasteiger charge is -2.36. The Morgan fingerprint density at radius 3 is 2.67 bits per heavy atom. The largest absolute Gasteiger partial charge is 0.295 e. The highest BCUT2D eigenvalue weighted by Crippen LogP contribution is 2.27. The highest BCUT2D eigenvalue weighted by molar-refractivity contribution is 4.92. The summed E-state index contributed by atoms with van der Waals surface area (Å²) in [5.41, 5.74) is 0.234. The Labute approximate surface area is 75.2 Å². The summed E-state index contributed by atoms with van der Waals surface area (Å²) >= 11 is 0. The van der Waals surface area contributed by atoms with Gasteiger partial charge in [0.15, 0.2) is 0 Å². The summed E-state index contributed by atoms with van der Waals surface area (Å²) in [6, 6.07) is 2.78. The van der Waals surface area contributed by atoms with Crippen LogP contribution < -0.4 is 0 Å². The van der Waals surface area contributed by atoms with Gasteiger partial charge in [-0.05, 0) is 40.2 Å². The van der Waals surface area contributed by atoms with Crippen LogP contribution in [-0.2, 0) is 0 Å². The first-order valence-corrected chi connectivity index (χ1v) is 4.69.